The number of rotatable bonds is 1. The molecule has 98 valence electrons. The van der Waals surface area contributed by atoms with Gasteiger partial charge >= 0.3 is 0 Å². The van der Waals surface area contributed by atoms with E-state index < -0.39 is 10.0 Å². The molecular formula is C12H16N2O3S. The number of amidine groups is 1. The van der Waals surface area contributed by atoms with Crippen molar-refractivity contribution in [2.75, 3.05) is 12.4 Å². The number of sulfonamides is 1. The number of nitrogens with one attached hydrogen (secondary N) is 1. The Morgan fingerprint density at radius 1 is 1.28 bits per heavy atom. The molecule has 0 aliphatic carbocycles. The van der Waals surface area contributed by atoms with Crippen LogP contribution in [0.4, 0.5) is 5.69 Å². The quantitative estimate of drug-likeness (QED) is 0.848. The molecule has 0 bridgehead atoms. The van der Waals surface area contributed by atoms with E-state index in [1.54, 1.807) is 12.1 Å². The monoisotopic (exact) mass is 268 g/mol. The minimum Gasteiger partial charge on any atom is -0.497 e. The third kappa shape index (κ3) is 2.20. The van der Waals surface area contributed by atoms with E-state index in [-0.39, 0.29) is 10.3 Å². The van der Waals surface area contributed by atoms with Gasteiger partial charge in [0.05, 0.1) is 12.8 Å². The largest absolute Gasteiger partial charge is 0.497 e. The molecule has 1 heterocycles. The molecule has 0 radical (unpaired) electrons. The summed E-state index contributed by atoms with van der Waals surface area (Å²) in [6.07, 6.45) is 0. The van der Waals surface area contributed by atoms with Crippen molar-refractivity contribution in [2.45, 2.75) is 25.7 Å². The zero-order valence-corrected chi connectivity index (χ0v) is 11.6. The van der Waals surface area contributed by atoms with Crippen LogP contribution in [0.3, 0.4) is 0 Å². The molecule has 1 aliphatic heterocycles. The molecule has 1 aliphatic rings. The van der Waals surface area contributed by atoms with Gasteiger partial charge in [-0.25, -0.2) is 0 Å². The summed E-state index contributed by atoms with van der Waals surface area (Å²) in [6, 6.07) is 4.77. The van der Waals surface area contributed by atoms with Gasteiger partial charge in [-0.2, -0.15) is 8.42 Å². The maximum Gasteiger partial charge on any atom is 0.286 e. The van der Waals surface area contributed by atoms with Crippen molar-refractivity contribution in [2.24, 2.45) is 9.81 Å². The van der Waals surface area contributed by atoms with Crippen molar-refractivity contribution in [1.82, 2.24) is 0 Å². The second-order valence-electron chi connectivity index (χ2n) is 5.15. The molecule has 1 N–H and O–H groups in total. The third-order valence-corrected chi connectivity index (χ3v) is 3.97. The molecule has 0 aromatic heterocycles. The van der Waals surface area contributed by atoms with Gasteiger partial charge in [0, 0.05) is 11.5 Å². The fourth-order valence-electron chi connectivity index (χ4n) is 1.60. The molecule has 5 nitrogen and oxygen atoms in total. The first-order valence-electron chi connectivity index (χ1n) is 5.54. The molecule has 18 heavy (non-hydrogen) atoms. The van der Waals surface area contributed by atoms with Gasteiger partial charge in [-0.1, -0.05) is 20.8 Å². The number of benzene rings is 1. The van der Waals surface area contributed by atoms with E-state index in [1.165, 1.54) is 13.2 Å². The number of anilines is 1. The van der Waals surface area contributed by atoms with Gasteiger partial charge in [0.25, 0.3) is 10.0 Å². The Bertz CT molecular complexity index is 613. The van der Waals surface area contributed by atoms with Gasteiger partial charge in [0.1, 0.15) is 16.5 Å². The lowest BCUT2D eigenvalue weighted by Gasteiger charge is -2.26. The van der Waals surface area contributed by atoms with E-state index in [0.29, 0.717) is 17.3 Å². The van der Waals surface area contributed by atoms with Gasteiger partial charge < -0.3 is 10.1 Å². The summed E-state index contributed by atoms with van der Waals surface area (Å²) in [5.74, 6) is 1.04. The molecule has 0 fully saturated rings. The predicted molar refractivity (Wildman–Crippen MR) is 70.7 cm³/mol. The highest BCUT2D eigenvalue weighted by Crippen LogP contribution is 2.33. The van der Waals surface area contributed by atoms with Crippen LogP contribution in [0.15, 0.2) is 27.5 Å². The van der Waals surface area contributed by atoms with E-state index in [0.717, 1.165) is 0 Å². The maximum atomic E-state index is 12.1. The van der Waals surface area contributed by atoms with E-state index in [2.05, 4.69) is 9.71 Å². The Hall–Kier alpha value is -1.56. The summed E-state index contributed by atoms with van der Waals surface area (Å²) in [7, 11) is -2.09. The lowest BCUT2D eigenvalue weighted by atomic mass is 9.95. The minimum absolute atomic E-state index is 0.177. The molecule has 2 rings (SSSR count). The van der Waals surface area contributed by atoms with Crippen LogP contribution < -0.4 is 10.1 Å². The molecule has 1 aromatic rings. The molecule has 0 spiro atoms. The fraction of sp³-hybridized carbons (Fsp3) is 0.417. The zero-order chi connectivity index (χ0) is 13.6. The maximum absolute atomic E-state index is 12.1. The van der Waals surface area contributed by atoms with Crippen molar-refractivity contribution in [3.8, 4) is 5.75 Å². The normalized spacial score (nSPS) is 17.4. The van der Waals surface area contributed by atoms with Crippen molar-refractivity contribution in [3.05, 3.63) is 18.2 Å². The number of fused-ring (bicyclic) bond motifs is 1. The van der Waals surface area contributed by atoms with Crippen molar-refractivity contribution < 1.29 is 13.2 Å². The van der Waals surface area contributed by atoms with Gasteiger partial charge in [0.15, 0.2) is 0 Å². The van der Waals surface area contributed by atoms with Crippen molar-refractivity contribution in [1.29, 1.82) is 0 Å². The first kappa shape index (κ1) is 12.9. The number of ether oxygens (including phenoxy) is 1. The van der Waals surface area contributed by atoms with E-state index in [4.69, 9.17) is 4.74 Å². The van der Waals surface area contributed by atoms with Crippen LogP contribution in [-0.2, 0) is 10.0 Å². The third-order valence-electron chi connectivity index (χ3n) is 2.64. The SMILES string of the molecule is COc1ccc2c(c1)NC(C(C)(C)C)=NS2(=O)=O. The second kappa shape index (κ2) is 3.98. The number of nitrogens with zero attached hydrogens (tertiary/aromatic N) is 1. The van der Waals surface area contributed by atoms with Gasteiger partial charge in [-0.3, -0.25) is 0 Å². The van der Waals surface area contributed by atoms with E-state index in [9.17, 15) is 8.42 Å². The Kier molecular flexibility index (Phi) is 2.85. The Morgan fingerprint density at radius 2 is 1.94 bits per heavy atom. The van der Waals surface area contributed by atoms with Crippen LogP contribution in [0.5, 0.6) is 5.75 Å². The zero-order valence-electron chi connectivity index (χ0n) is 10.8. The second-order valence-corrected chi connectivity index (χ2v) is 6.72. The van der Waals surface area contributed by atoms with Crippen LogP contribution in [0.2, 0.25) is 0 Å². The van der Waals surface area contributed by atoms with E-state index >= 15 is 0 Å². The van der Waals surface area contributed by atoms with Crippen molar-refractivity contribution in [3.63, 3.8) is 0 Å². The van der Waals surface area contributed by atoms with E-state index in [1.807, 2.05) is 20.8 Å². The summed E-state index contributed by atoms with van der Waals surface area (Å²) >= 11 is 0. The van der Waals surface area contributed by atoms with Crippen LogP contribution in [0.1, 0.15) is 20.8 Å². The smallest absolute Gasteiger partial charge is 0.286 e. The molecule has 6 heteroatoms. The number of methoxy groups -OCH3 is 1. The summed E-state index contributed by atoms with van der Waals surface area (Å²) < 4.78 is 33.0. The molecule has 1 aromatic carbocycles. The highest BCUT2D eigenvalue weighted by atomic mass is 32.2. The van der Waals surface area contributed by atoms with Gasteiger partial charge in [0.2, 0.25) is 0 Å². The van der Waals surface area contributed by atoms with Crippen LogP contribution >= 0.6 is 0 Å². The standard InChI is InChI=1S/C12H16N2O3S/c1-12(2,3)11-13-9-7-8(17-4)5-6-10(9)18(15,16)14-11/h5-7H,1-4H3,(H,13,14). The highest BCUT2D eigenvalue weighted by Gasteiger charge is 2.30. The summed E-state index contributed by atoms with van der Waals surface area (Å²) in [5.41, 5.74) is 0.141. The number of hydrogen-bond acceptors (Lipinski definition) is 4. The summed E-state index contributed by atoms with van der Waals surface area (Å²) in [5, 5.41) is 3.06. The molecular weight excluding hydrogens is 252 g/mol. The van der Waals surface area contributed by atoms with Gasteiger partial charge in [-0.15, -0.1) is 4.40 Å². The molecule has 0 saturated heterocycles. The lowest BCUT2D eigenvalue weighted by Crippen LogP contribution is -2.32. The molecule has 0 amide bonds. The summed E-state index contributed by atoms with van der Waals surface area (Å²) in [4.78, 5) is 0.177. The highest BCUT2D eigenvalue weighted by molar-refractivity contribution is 7.90. The number of hydrogen-bond donors (Lipinski definition) is 1. The first-order valence-corrected chi connectivity index (χ1v) is 6.98. The topological polar surface area (TPSA) is 67.8 Å². The van der Waals surface area contributed by atoms with Crippen LogP contribution in [-0.4, -0.2) is 21.4 Å². The average molecular weight is 268 g/mol. The Labute approximate surface area is 107 Å². The van der Waals surface area contributed by atoms with Crippen LogP contribution in [0.25, 0.3) is 0 Å². The first-order chi connectivity index (χ1) is 8.24. The average Bonchev–Trinajstić information content (AvgIpc) is 2.26. The molecule has 0 unspecified atom stereocenters. The summed E-state index contributed by atoms with van der Waals surface area (Å²) in [6.45, 7) is 5.71. The van der Waals surface area contributed by atoms with Crippen molar-refractivity contribution >= 4 is 21.5 Å². The molecule has 0 saturated carbocycles. The lowest BCUT2D eigenvalue weighted by molar-refractivity contribution is 0.414. The Balaban J connectivity index is 2.59. The fourth-order valence-corrected chi connectivity index (χ4v) is 2.89. The van der Waals surface area contributed by atoms with Gasteiger partial charge in [-0.05, 0) is 12.1 Å². The Morgan fingerprint density at radius 3 is 2.50 bits per heavy atom. The minimum atomic E-state index is -3.63. The van der Waals surface area contributed by atoms with Crippen LogP contribution in [0, 0.1) is 5.41 Å². The predicted octanol–water partition coefficient (Wildman–Crippen LogP) is 2.25. The molecule has 0 atom stereocenters.